The zero-order valence-corrected chi connectivity index (χ0v) is 81.9. The molecule has 0 spiro atoms. The van der Waals surface area contributed by atoms with Crippen LogP contribution in [0.5, 0.6) is 0 Å². The first-order chi connectivity index (χ1) is 60.2. The molecule has 0 radical (unpaired) electrons. The number of sulfone groups is 1. The Morgan fingerprint density at radius 3 is 1.03 bits per heavy atom. The molecule has 0 aliphatic rings. The van der Waals surface area contributed by atoms with Crippen molar-refractivity contribution in [3.63, 3.8) is 0 Å². The fraction of sp³-hybridized carbons (Fsp3) is 0.191. The van der Waals surface area contributed by atoms with Gasteiger partial charge in [0.15, 0.2) is 9.84 Å². The average Bonchev–Trinajstić information content (AvgIpc) is 0.821. The van der Waals surface area contributed by atoms with E-state index in [0.29, 0.717) is 96.0 Å². The van der Waals surface area contributed by atoms with Crippen molar-refractivity contribution in [3.05, 3.63) is 332 Å². The molecule has 10 aromatic rings. The summed E-state index contributed by atoms with van der Waals surface area (Å²) in [5.41, 5.74) is 11.5. The second-order valence-electron chi connectivity index (χ2n) is 25.8. The van der Waals surface area contributed by atoms with Gasteiger partial charge in [-0.15, -0.1) is 6.42 Å². The highest BCUT2D eigenvalue weighted by molar-refractivity contribution is 14.1. The maximum absolute atomic E-state index is 11.6. The summed E-state index contributed by atoms with van der Waals surface area (Å²) in [6, 6.07) is 44.8. The summed E-state index contributed by atoms with van der Waals surface area (Å²) in [7, 11) is 4.23. The number of benzene rings is 10. The first-order valence-electron chi connectivity index (χ1n) is 36.0. The van der Waals surface area contributed by atoms with Crippen LogP contribution >= 0.6 is 197 Å². The van der Waals surface area contributed by atoms with E-state index in [2.05, 4.69) is 68.8 Å². The maximum Gasteiger partial charge on any atom is 0.340 e. The van der Waals surface area contributed by atoms with Gasteiger partial charge in [0.05, 0.1) is 153 Å². The van der Waals surface area contributed by atoms with E-state index in [4.69, 9.17) is 191 Å². The Hall–Kier alpha value is -7.89. The maximum atomic E-state index is 11.6. The van der Waals surface area contributed by atoms with Gasteiger partial charge in [-0.3, -0.25) is 9.59 Å². The molecular weight excluding hydrogens is 2110 g/mol. The van der Waals surface area contributed by atoms with Gasteiger partial charge in [0.1, 0.15) is 24.5 Å². The quantitative estimate of drug-likeness (QED) is 0.0128. The van der Waals surface area contributed by atoms with Crippen molar-refractivity contribution in [1.82, 2.24) is 0 Å². The fourth-order valence-corrected chi connectivity index (χ4v) is 16.5. The second kappa shape index (κ2) is 55.4. The van der Waals surface area contributed by atoms with Crippen LogP contribution in [0.4, 0.5) is 0 Å². The van der Waals surface area contributed by atoms with Gasteiger partial charge in [0.25, 0.3) is 0 Å². The van der Waals surface area contributed by atoms with Crippen molar-refractivity contribution in [2.45, 2.75) is 67.5 Å². The lowest BCUT2D eigenvalue weighted by Crippen LogP contribution is -2.33. The molecule has 4 unspecified atom stereocenters. The molecule has 10 rings (SSSR count). The average molecular weight is 2180 g/mol. The number of methoxy groups -OCH3 is 6. The highest BCUT2D eigenvalue weighted by Crippen LogP contribution is 2.37. The van der Waals surface area contributed by atoms with Crippen molar-refractivity contribution in [1.29, 1.82) is 0 Å². The third-order valence-electron chi connectivity index (χ3n) is 16.9. The number of carbonyl (C=O) groups excluding carboxylic acids is 7. The van der Waals surface area contributed by atoms with Crippen LogP contribution in [0.15, 0.2) is 175 Å². The summed E-state index contributed by atoms with van der Waals surface area (Å²) in [5, 5.41) is 52.5. The first-order valence-corrected chi connectivity index (χ1v) is 44.6. The zero-order chi connectivity index (χ0) is 96.3. The molecule has 0 saturated carbocycles. The second-order valence-corrected chi connectivity index (χ2v) is 35.2. The van der Waals surface area contributed by atoms with Crippen LogP contribution in [-0.2, 0) is 62.3 Å². The number of aldehydes is 1. The van der Waals surface area contributed by atoms with Crippen LogP contribution in [0.1, 0.15) is 154 Å². The molecule has 0 aromatic heterocycles. The van der Waals surface area contributed by atoms with Gasteiger partial charge in [-0.25, -0.2) is 37.2 Å². The van der Waals surface area contributed by atoms with Gasteiger partial charge in [-0.1, -0.05) is 228 Å². The van der Waals surface area contributed by atoms with Crippen LogP contribution in [0.3, 0.4) is 0 Å². The minimum Gasteiger partial charge on any atom is -0.478 e. The van der Waals surface area contributed by atoms with Crippen molar-refractivity contribution >= 4 is 255 Å². The molecular formula is C89H73Cl15INO21S. The number of hydrogen-bond donors (Lipinski definition) is 6. The summed E-state index contributed by atoms with van der Waals surface area (Å²) in [6.07, 6.45) is 5.55. The number of rotatable bonds is 21. The SMILES string of the molecule is C#CC(O)c1cc(Cl)c(C(=O)OC)c(Cl)c1.COC(=O)[C@@H](N)Cc1cccc(S(C)(=O)=O)c1.COC(=O)c1c(Cl)cc(C(O)C#Cc2ccc(Cl)cc2)cc1Cl.COC(=O)c1c(Cl)cc(C(O)CCc2ccc(Cl)cc2)cc1Cl.COC(=O)c1c(Cl)cc(C=O)cc1Cl.COC(=O)c1c(Cl)cc(I)cc1Cl.O=C(O)c1c(Cl)cc(C(O)CCc2ccc(Cl)cc2)cc1Cl. The fourth-order valence-electron chi connectivity index (χ4n) is 10.5. The highest BCUT2D eigenvalue weighted by atomic mass is 127. The standard InChI is InChI=1S/C17H15Cl3O3.C17H11Cl3O3.C16H13Cl3O3.C11H8Cl2O3.C11H15NO4S.C9H6Cl2O3.C8H5Cl2IO2/c2*1-23-17(22)16-13(19)8-11(9-14(16)20)15(21)7-4-10-2-5-12(18)6-3-10;17-11-4-1-9(2-5-11)3-6-14(20)10-7-12(18)15(16(21)22)13(19)8-10;1-3-9(14)6-4-7(12)10(8(13)5-6)11(15)16-2;1-16-11(13)10(12)7-8-4-3-5-9(6-8)17(2,14)15;1-14-9(13)8-6(10)2-5(4-12)3-7(8)11;1-13-8(12)7-5(9)2-4(11)3-6(7)10/h2-3,5-6,8-9,15,21H,4,7H2,1H3;2-3,5-6,8-9,15,21H,1H3;1-2,4-5,7-8,14,20H,3,6H2,(H,21,22);1,4-5,9,14H,2H3;3-6,10H,7,12H2,1-2H3;2-4H,1H3;2-3H,1H3/t;;;;10-;;/m....0../s1. The summed E-state index contributed by atoms with van der Waals surface area (Å²) in [5.74, 6) is 2.86. The number of ether oxygens (including phenoxy) is 6. The molecule has 0 saturated heterocycles. The number of aliphatic hydroxyl groups excluding tert-OH is 4. The molecule has 0 aliphatic carbocycles. The van der Waals surface area contributed by atoms with Gasteiger partial charge in [-0.2, -0.15) is 0 Å². The number of hydrogen-bond acceptors (Lipinski definition) is 21. The van der Waals surface area contributed by atoms with Crippen molar-refractivity contribution in [2.24, 2.45) is 5.73 Å². The number of esters is 6. The van der Waals surface area contributed by atoms with E-state index in [1.54, 1.807) is 60.7 Å². The lowest BCUT2D eigenvalue weighted by atomic mass is 10.00. The van der Waals surface area contributed by atoms with Crippen LogP contribution < -0.4 is 5.73 Å². The number of terminal acetylenes is 1. The van der Waals surface area contributed by atoms with Crippen LogP contribution in [0.2, 0.25) is 75.3 Å². The number of aromatic carboxylic acids is 1. The van der Waals surface area contributed by atoms with Crippen LogP contribution in [-0.4, -0.2) is 137 Å². The van der Waals surface area contributed by atoms with Crippen LogP contribution in [0, 0.1) is 27.8 Å². The minimum atomic E-state index is -3.24. The Morgan fingerprint density at radius 1 is 0.422 bits per heavy atom. The summed E-state index contributed by atoms with van der Waals surface area (Å²) in [4.78, 5) is 89.6. The molecule has 22 nitrogen and oxygen atoms in total. The van der Waals surface area contributed by atoms with E-state index in [9.17, 15) is 67.2 Å². The molecule has 5 atom stereocenters. The molecule has 678 valence electrons. The molecule has 7 N–H and O–H groups in total. The van der Waals surface area contributed by atoms with E-state index in [1.165, 1.54) is 115 Å². The topological polar surface area (TPSA) is 353 Å². The number of nitrogens with two attached hydrogens (primary N) is 1. The lowest BCUT2D eigenvalue weighted by Gasteiger charge is -2.14. The van der Waals surface area contributed by atoms with E-state index in [-0.39, 0.29) is 94.9 Å². The monoisotopic (exact) mass is 2170 g/mol. The van der Waals surface area contributed by atoms with Gasteiger partial charge in [0, 0.05) is 36.0 Å². The predicted molar refractivity (Wildman–Crippen MR) is 510 cm³/mol. The van der Waals surface area contributed by atoms with Crippen molar-refractivity contribution in [3.8, 4) is 24.2 Å². The van der Waals surface area contributed by atoms with Gasteiger partial charge >= 0.3 is 41.8 Å². The molecule has 10 aromatic carbocycles. The van der Waals surface area contributed by atoms with Crippen molar-refractivity contribution < 1.29 is 101 Å². The molecule has 128 heavy (non-hydrogen) atoms. The summed E-state index contributed by atoms with van der Waals surface area (Å²) >= 11 is 90.4. The third kappa shape index (κ3) is 35.7. The molecule has 0 bridgehead atoms. The number of carboxylic acids is 1. The number of carboxylic acid groups (broad SMARTS) is 1. The molecule has 0 fully saturated rings. The Kier molecular flexibility index (Phi) is 48.7. The lowest BCUT2D eigenvalue weighted by molar-refractivity contribution is -0.142. The zero-order valence-electron chi connectivity index (χ0n) is 67.5. The molecule has 0 amide bonds. The predicted octanol–water partition coefficient (Wildman–Crippen LogP) is 23.2. The highest BCUT2D eigenvalue weighted by Gasteiger charge is 2.25. The number of halogens is 16. The van der Waals surface area contributed by atoms with Gasteiger partial charge < -0.3 is 59.7 Å². The Labute approximate surface area is 825 Å². The third-order valence-corrected chi connectivity index (χ3v) is 23.0. The number of carbonyl (C=O) groups is 8. The van der Waals surface area contributed by atoms with E-state index in [0.717, 1.165) is 21.0 Å². The smallest absolute Gasteiger partial charge is 0.340 e. The van der Waals surface area contributed by atoms with Gasteiger partial charge in [-0.05, 0) is 227 Å². The summed E-state index contributed by atoms with van der Waals surface area (Å²) in [6.45, 7) is 0. The molecule has 0 aliphatic heterocycles. The van der Waals surface area contributed by atoms with E-state index >= 15 is 0 Å². The number of aryl methyl sites for hydroxylation is 2. The largest absolute Gasteiger partial charge is 0.478 e. The minimum absolute atomic E-state index is 0.0144. The number of aliphatic hydroxyl groups is 4. The molecule has 0 heterocycles. The van der Waals surface area contributed by atoms with Crippen molar-refractivity contribution in [2.75, 3.05) is 48.9 Å². The molecule has 39 heteroatoms. The normalized spacial score (nSPS) is 11.6. The van der Waals surface area contributed by atoms with Crippen LogP contribution in [0.25, 0.3) is 0 Å². The summed E-state index contributed by atoms with van der Waals surface area (Å²) < 4.78 is 50.8. The Balaban J connectivity index is 0.000000316. The Bertz CT molecular complexity index is 5720. The van der Waals surface area contributed by atoms with E-state index < -0.39 is 82.1 Å². The van der Waals surface area contributed by atoms with E-state index in [1.807, 2.05) is 36.4 Å². The Morgan fingerprint density at radius 2 is 0.727 bits per heavy atom. The first kappa shape index (κ1) is 112. The van der Waals surface area contributed by atoms with Gasteiger partial charge in [0.2, 0.25) is 0 Å².